The van der Waals surface area contributed by atoms with Crippen molar-refractivity contribution in [1.29, 1.82) is 0 Å². The molecule has 0 aromatic heterocycles. The van der Waals surface area contributed by atoms with Crippen LogP contribution in [0.1, 0.15) is 37.6 Å². The lowest BCUT2D eigenvalue weighted by atomic mass is 10.0. The lowest BCUT2D eigenvalue weighted by Gasteiger charge is -2.26. The molecule has 1 atom stereocenters. The Hall–Kier alpha value is -2.15. The molecule has 0 radical (unpaired) electrons. The smallest absolute Gasteiger partial charge is 0.306 e. The van der Waals surface area contributed by atoms with E-state index >= 15 is 0 Å². The van der Waals surface area contributed by atoms with Crippen LogP contribution in [-0.4, -0.2) is 28.8 Å². The highest BCUT2D eigenvalue weighted by atomic mass is 16.6. The van der Waals surface area contributed by atoms with E-state index in [1.807, 2.05) is 6.92 Å². The highest BCUT2D eigenvalue weighted by molar-refractivity contribution is 6.00. The fourth-order valence-electron chi connectivity index (χ4n) is 2.26. The molecule has 116 valence electrons. The minimum absolute atomic E-state index is 0.00778. The Bertz CT molecular complexity index is 531. The third-order valence-corrected chi connectivity index (χ3v) is 3.40. The zero-order valence-electron chi connectivity index (χ0n) is 12.8. The van der Waals surface area contributed by atoms with Crippen LogP contribution in [0.25, 0.3) is 0 Å². The number of benzene rings is 1. The van der Waals surface area contributed by atoms with Gasteiger partial charge in [0.15, 0.2) is 0 Å². The average molecular weight is 294 g/mol. The molecular weight excluding hydrogens is 272 g/mol. The number of nitrogens with two attached hydrogens (primary N) is 1. The van der Waals surface area contributed by atoms with Crippen molar-refractivity contribution in [3.8, 4) is 0 Å². The second-order valence-electron chi connectivity index (χ2n) is 5.50. The van der Waals surface area contributed by atoms with Gasteiger partial charge in [-0.05, 0) is 31.4 Å². The van der Waals surface area contributed by atoms with E-state index in [9.17, 15) is 14.9 Å². The summed E-state index contributed by atoms with van der Waals surface area (Å²) in [4.78, 5) is 24.7. The molecule has 0 saturated carbocycles. The molecule has 0 spiro atoms. The van der Waals surface area contributed by atoms with E-state index < -0.39 is 4.92 Å². The molecule has 3 N–H and O–H groups in total. The van der Waals surface area contributed by atoms with Crippen molar-refractivity contribution in [2.75, 3.05) is 12.5 Å². The van der Waals surface area contributed by atoms with E-state index in [1.54, 1.807) is 13.1 Å². The minimum Gasteiger partial charge on any atom is -0.339 e. The van der Waals surface area contributed by atoms with Crippen molar-refractivity contribution in [2.45, 2.75) is 33.2 Å². The molecule has 0 aliphatic rings. The van der Waals surface area contributed by atoms with Gasteiger partial charge in [0.25, 0.3) is 5.91 Å². The Morgan fingerprint density at radius 2 is 2.05 bits per heavy atom. The minimum atomic E-state index is -0.594. The Kier molecular flexibility index (Phi) is 5.66. The van der Waals surface area contributed by atoms with Crippen molar-refractivity contribution in [3.05, 3.63) is 33.9 Å². The van der Waals surface area contributed by atoms with E-state index in [2.05, 4.69) is 19.3 Å². The van der Waals surface area contributed by atoms with Gasteiger partial charge >= 0.3 is 5.69 Å². The standard InChI is InChI=1S/C14H22N4O3/c1-9(2)8-10(3)17(4)14(19)11-6-5-7-12(16-15)13(11)18(20)21/h5-7,9-10,16H,8,15H2,1-4H3. The number of nitro benzene ring substituents is 1. The predicted molar refractivity (Wildman–Crippen MR) is 81.9 cm³/mol. The van der Waals surface area contributed by atoms with Gasteiger partial charge in [0.05, 0.1) is 4.92 Å². The summed E-state index contributed by atoms with van der Waals surface area (Å²) in [6.07, 6.45) is 0.824. The van der Waals surface area contributed by atoms with Crippen molar-refractivity contribution >= 4 is 17.3 Å². The van der Waals surface area contributed by atoms with Crippen LogP contribution >= 0.6 is 0 Å². The molecule has 21 heavy (non-hydrogen) atoms. The number of nitrogens with one attached hydrogen (secondary N) is 1. The van der Waals surface area contributed by atoms with Crippen LogP contribution in [-0.2, 0) is 0 Å². The number of carbonyl (C=O) groups is 1. The maximum Gasteiger partial charge on any atom is 0.306 e. The Morgan fingerprint density at radius 1 is 1.43 bits per heavy atom. The molecule has 0 fully saturated rings. The third-order valence-electron chi connectivity index (χ3n) is 3.40. The molecule has 0 aliphatic heterocycles. The Labute approximate surface area is 124 Å². The second kappa shape index (κ2) is 7.03. The van der Waals surface area contributed by atoms with Gasteiger partial charge in [0, 0.05) is 13.1 Å². The molecule has 7 heteroatoms. The molecule has 0 aliphatic carbocycles. The summed E-state index contributed by atoms with van der Waals surface area (Å²) in [5.41, 5.74) is 2.12. The maximum absolute atomic E-state index is 12.5. The number of rotatable bonds is 6. The monoisotopic (exact) mass is 294 g/mol. The molecule has 0 heterocycles. The van der Waals surface area contributed by atoms with E-state index in [0.717, 1.165) is 6.42 Å². The van der Waals surface area contributed by atoms with Gasteiger partial charge in [-0.15, -0.1) is 0 Å². The van der Waals surface area contributed by atoms with E-state index in [1.165, 1.54) is 17.0 Å². The van der Waals surface area contributed by atoms with Crippen molar-refractivity contribution < 1.29 is 9.72 Å². The fraction of sp³-hybridized carbons (Fsp3) is 0.500. The first-order chi connectivity index (χ1) is 9.79. The number of nitrogen functional groups attached to an aromatic ring is 1. The summed E-state index contributed by atoms with van der Waals surface area (Å²) in [7, 11) is 1.65. The van der Waals surface area contributed by atoms with Crippen LogP contribution in [0.5, 0.6) is 0 Å². The Morgan fingerprint density at radius 3 is 2.52 bits per heavy atom. The molecule has 1 aromatic rings. The van der Waals surface area contributed by atoms with E-state index in [4.69, 9.17) is 5.84 Å². The zero-order chi connectivity index (χ0) is 16.2. The number of anilines is 1. The summed E-state index contributed by atoms with van der Waals surface area (Å²) in [5.74, 6) is 5.33. The number of hydrogen-bond acceptors (Lipinski definition) is 5. The molecule has 7 nitrogen and oxygen atoms in total. The van der Waals surface area contributed by atoms with Crippen molar-refractivity contribution in [3.63, 3.8) is 0 Å². The van der Waals surface area contributed by atoms with Crippen LogP contribution in [0.4, 0.5) is 11.4 Å². The lowest BCUT2D eigenvalue weighted by molar-refractivity contribution is -0.384. The summed E-state index contributed by atoms with van der Waals surface area (Å²) >= 11 is 0. The topological polar surface area (TPSA) is 102 Å². The number of nitro groups is 1. The summed E-state index contributed by atoms with van der Waals surface area (Å²) in [5, 5.41) is 11.2. The highest BCUT2D eigenvalue weighted by Gasteiger charge is 2.28. The third kappa shape index (κ3) is 3.91. The molecule has 1 amide bonds. The second-order valence-corrected chi connectivity index (χ2v) is 5.50. The highest BCUT2D eigenvalue weighted by Crippen LogP contribution is 2.29. The van der Waals surface area contributed by atoms with Gasteiger partial charge in [0.1, 0.15) is 11.3 Å². The summed E-state index contributed by atoms with van der Waals surface area (Å²) in [6, 6.07) is 4.47. The maximum atomic E-state index is 12.5. The van der Waals surface area contributed by atoms with Gasteiger partial charge in [-0.2, -0.15) is 0 Å². The van der Waals surface area contributed by atoms with Crippen LogP contribution in [0.2, 0.25) is 0 Å². The van der Waals surface area contributed by atoms with E-state index in [-0.39, 0.29) is 28.9 Å². The average Bonchev–Trinajstić information content (AvgIpc) is 2.43. The van der Waals surface area contributed by atoms with Crippen LogP contribution < -0.4 is 11.3 Å². The largest absolute Gasteiger partial charge is 0.339 e. The Balaban J connectivity index is 3.15. The van der Waals surface area contributed by atoms with Crippen LogP contribution in [0, 0.1) is 16.0 Å². The van der Waals surface area contributed by atoms with Crippen molar-refractivity contribution in [1.82, 2.24) is 4.90 Å². The SMILES string of the molecule is CC(C)CC(C)N(C)C(=O)c1cccc(NN)c1[N+](=O)[O-]. The fourth-order valence-corrected chi connectivity index (χ4v) is 2.26. The zero-order valence-corrected chi connectivity index (χ0v) is 12.8. The first kappa shape index (κ1) is 16.9. The molecule has 0 bridgehead atoms. The number of para-hydroxylation sites is 1. The number of hydrazine groups is 1. The molecule has 1 aromatic carbocycles. The predicted octanol–water partition coefficient (Wildman–Crippen LogP) is 2.39. The van der Waals surface area contributed by atoms with Crippen LogP contribution in [0.15, 0.2) is 18.2 Å². The number of amides is 1. The normalized spacial score (nSPS) is 12.1. The number of hydrogen-bond donors (Lipinski definition) is 2. The van der Waals surface area contributed by atoms with Gasteiger partial charge in [-0.25, -0.2) is 0 Å². The lowest BCUT2D eigenvalue weighted by Crippen LogP contribution is -2.36. The van der Waals surface area contributed by atoms with E-state index in [0.29, 0.717) is 5.92 Å². The van der Waals surface area contributed by atoms with Gasteiger partial charge in [0.2, 0.25) is 0 Å². The van der Waals surface area contributed by atoms with Gasteiger partial charge < -0.3 is 10.3 Å². The molecule has 1 rings (SSSR count). The first-order valence-electron chi connectivity index (χ1n) is 6.80. The number of carbonyl (C=O) groups excluding carboxylic acids is 1. The molecule has 0 saturated heterocycles. The summed E-state index contributed by atoms with van der Waals surface area (Å²) < 4.78 is 0. The molecule has 1 unspecified atom stereocenters. The summed E-state index contributed by atoms with van der Waals surface area (Å²) in [6.45, 7) is 6.06. The quantitative estimate of drug-likeness (QED) is 0.476. The first-order valence-corrected chi connectivity index (χ1v) is 6.80. The van der Waals surface area contributed by atoms with Crippen molar-refractivity contribution in [2.24, 2.45) is 11.8 Å². The van der Waals surface area contributed by atoms with Gasteiger partial charge in [-0.3, -0.25) is 20.8 Å². The van der Waals surface area contributed by atoms with Crippen LogP contribution in [0.3, 0.4) is 0 Å². The number of nitrogens with zero attached hydrogens (tertiary/aromatic N) is 2. The van der Waals surface area contributed by atoms with Gasteiger partial charge in [-0.1, -0.05) is 19.9 Å². The molecular formula is C14H22N4O3.